The fourth-order valence-corrected chi connectivity index (χ4v) is 1.17. The molecule has 0 amide bonds. The Kier molecular flexibility index (Phi) is 3.85. The first-order chi connectivity index (χ1) is 7.08. The monoisotopic (exact) mass is 209 g/mol. The van der Waals surface area contributed by atoms with E-state index in [2.05, 4.69) is 0 Å². The Balaban J connectivity index is 2.50. The molecule has 15 heavy (non-hydrogen) atoms. The zero-order chi connectivity index (χ0) is 11.3. The summed E-state index contributed by atoms with van der Waals surface area (Å²) in [5.74, 6) is -1.33. The van der Waals surface area contributed by atoms with Gasteiger partial charge in [0.15, 0.2) is 0 Å². The van der Waals surface area contributed by atoms with E-state index < -0.39 is 5.97 Å². The maximum Gasteiger partial charge on any atom is 0.330 e. The lowest BCUT2D eigenvalue weighted by Gasteiger charge is -2.01. The highest BCUT2D eigenvalue weighted by Crippen LogP contribution is 2.07. The van der Waals surface area contributed by atoms with Gasteiger partial charge in [-0.25, -0.2) is 9.18 Å². The average molecular weight is 209 g/mol. The van der Waals surface area contributed by atoms with Crippen molar-refractivity contribution in [2.24, 2.45) is 5.73 Å². The molecule has 1 aromatic rings. The first-order valence-corrected chi connectivity index (χ1v) is 4.51. The third-order valence-electron chi connectivity index (χ3n) is 1.92. The number of nitrogens with two attached hydrogens (primary N) is 1. The van der Waals surface area contributed by atoms with E-state index in [-0.39, 0.29) is 5.82 Å². The van der Waals surface area contributed by atoms with Crippen LogP contribution in [-0.4, -0.2) is 11.1 Å². The third-order valence-corrected chi connectivity index (χ3v) is 1.92. The van der Waals surface area contributed by atoms with Gasteiger partial charge >= 0.3 is 5.97 Å². The van der Waals surface area contributed by atoms with Gasteiger partial charge in [-0.1, -0.05) is 12.1 Å². The SMILES string of the molecule is N/C(=C/C(=O)O)CCc1ccc(F)cc1. The highest BCUT2D eigenvalue weighted by Gasteiger charge is 1.98. The van der Waals surface area contributed by atoms with E-state index in [1.54, 1.807) is 12.1 Å². The summed E-state index contributed by atoms with van der Waals surface area (Å²) >= 11 is 0. The zero-order valence-corrected chi connectivity index (χ0v) is 8.11. The second-order valence-corrected chi connectivity index (χ2v) is 3.18. The van der Waals surface area contributed by atoms with Gasteiger partial charge in [0.1, 0.15) is 5.82 Å². The van der Waals surface area contributed by atoms with Gasteiger partial charge in [0.2, 0.25) is 0 Å². The summed E-state index contributed by atoms with van der Waals surface area (Å²) in [6.07, 6.45) is 2.04. The van der Waals surface area contributed by atoms with Crippen LogP contribution < -0.4 is 5.73 Å². The maximum atomic E-state index is 12.5. The van der Waals surface area contributed by atoms with Gasteiger partial charge in [-0.05, 0) is 30.5 Å². The number of rotatable bonds is 4. The van der Waals surface area contributed by atoms with E-state index in [1.807, 2.05) is 0 Å². The number of carboxylic acid groups (broad SMARTS) is 1. The number of aliphatic carboxylic acids is 1. The molecule has 1 rings (SSSR count). The van der Waals surface area contributed by atoms with Crippen LogP contribution in [0.1, 0.15) is 12.0 Å². The second kappa shape index (κ2) is 5.14. The number of hydrogen-bond acceptors (Lipinski definition) is 2. The molecule has 0 spiro atoms. The number of carbonyl (C=O) groups is 1. The van der Waals surface area contributed by atoms with Gasteiger partial charge in [-0.15, -0.1) is 0 Å². The van der Waals surface area contributed by atoms with Crippen molar-refractivity contribution in [3.63, 3.8) is 0 Å². The minimum Gasteiger partial charge on any atom is -0.478 e. The van der Waals surface area contributed by atoms with Gasteiger partial charge in [0, 0.05) is 11.8 Å². The molecule has 0 aliphatic carbocycles. The van der Waals surface area contributed by atoms with Crippen LogP contribution in [0.5, 0.6) is 0 Å². The number of allylic oxidation sites excluding steroid dienone is 1. The molecule has 0 radical (unpaired) electrons. The summed E-state index contributed by atoms with van der Waals surface area (Å²) in [6.45, 7) is 0. The van der Waals surface area contributed by atoms with E-state index in [9.17, 15) is 9.18 Å². The summed E-state index contributed by atoms with van der Waals surface area (Å²) in [6, 6.07) is 6.05. The van der Waals surface area contributed by atoms with Gasteiger partial charge < -0.3 is 10.8 Å². The zero-order valence-electron chi connectivity index (χ0n) is 8.11. The topological polar surface area (TPSA) is 63.3 Å². The molecule has 0 aliphatic heterocycles. The first-order valence-electron chi connectivity index (χ1n) is 4.51. The molecule has 3 nitrogen and oxygen atoms in total. The van der Waals surface area contributed by atoms with Gasteiger partial charge in [0.05, 0.1) is 0 Å². The van der Waals surface area contributed by atoms with Crippen molar-refractivity contribution in [3.8, 4) is 0 Å². The number of aryl methyl sites for hydroxylation is 1. The standard InChI is InChI=1S/C11H12FNO2/c12-9-4-1-8(2-5-9)3-6-10(13)7-11(14)15/h1-2,4-5,7H,3,6,13H2,(H,14,15)/b10-7+. The van der Waals surface area contributed by atoms with Gasteiger partial charge in [0.25, 0.3) is 0 Å². The van der Waals surface area contributed by atoms with Crippen LogP contribution in [-0.2, 0) is 11.2 Å². The van der Waals surface area contributed by atoms with Crippen molar-refractivity contribution in [1.82, 2.24) is 0 Å². The molecule has 0 atom stereocenters. The van der Waals surface area contributed by atoms with Crippen LogP contribution in [0.15, 0.2) is 36.0 Å². The Morgan fingerprint density at radius 3 is 2.53 bits per heavy atom. The lowest BCUT2D eigenvalue weighted by molar-refractivity contribution is -0.131. The Morgan fingerprint density at radius 2 is 2.00 bits per heavy atom. The third kappa shape index (κ3) is 4.26. The van der Waals surface area contributed by atoms with Crippen LogP contribution in [0, 0.1) is 5.82 Å². The summed E-state index contributed by atoms with van der Waals surface area (Å²) in [4.78, 5) is 10.3. The minimum absolute atomic E-state index is 0.284. The predicted octanol–water partition coefficient (Wildman–Crippen LogP) is 1.69. The molecule has 0 bridgehead atoms. The molecular formula is C11H12FNO2. The fraction of sp³-hybridized carbons (Fsp3) is 0.182. The van der Waals surface area contributed by atoms with Crippen LogP contribution in [0.3, 0.4) is 0 Å². The quantitative estimate of drug-likeness (QED) is 0.741. The number of hydrogen-bond donors (Lipinski definition) is 2. The predicted molar refractivity (Wildman–Crippen MR) is 54.6 cm³/mol. The van der Waals surface area contributed by atoms with E-state index in [1.165, 1.54) is 12.1 Å². The van der Waals surface area contributed by atoms with Crippen molar-refractivity contribution in [2.45, 2.75) is 12.8 Å². The highest BCUT2D eigenvalue weighted by molar-refractivity contribution is 5.80. The lowest BCUT2D eigenvalue weighted by Crippen LogP contribution is -2.03. The van der Waals surface area contributed by atoms with E-state index in [4.69, 9.17) is 10.8 Å². The molecule has 3 N–H and O–H groups in total. The summed E-state index contributed by atoms with van der Waals surface area (Å²) < 4.78 is 12.5. The molecule has 0 heterocycles. The van der Waals surface area contributed by atoms with Gasteiger partial charge in [-0.2, -0.15) is 0 Å². The van der Waals surface area contributed by atoms with Crippen LogP contribution in [0.4, 0.5) is 4.39 Å². The first kappa shape index (κ1) is 11.2. The Hall–Kier alpha value is -1.84. The molecule has 0 saturated carbocycles. The van der Waals surface area contributed by atoms with E-state index in [0.717, 1.165) is 11.6 Å². The Bertz CT molecular complexity index is 371. The van der Waals surface area contributed by atoms with Crippen molar-refractivity contribution in [1.29, 1.82) is 0 Å². The number of benzene rings is 1. The molecule has 1 aromatic carbocycles. The number of halogens is 1. The average Bonchev–Trinajstić information content (AvgIpc) is 2.16. The summed E-state index contributed by atoms with van der Waals surface area (Å²) in [7, 11) is 0. The molecular weight excluding hydrogens is 197 g/mol. The smallest absolute Gasteiger partial charge is 0.330 e. The molecule has 4 heteroatoms. The summed E-state index contributed by atoms with van der Waals surface area (Å²) in [5.41, 5.74) is 6.70. The van der Waals surface area contributed by atoms with Crippen LogP contribution >= 0.6 is 0 Å². The molecule has 0 aliphatic rings. The molecule has 0 aromatic heterocycles. The fourth-order valence-electron chi connectivity index (χ4n) is 1.17. The van der Waals surface area contributed by atoms with Crippen molar-refractivity contribution >= 4 is 5.97 Å². The largest absolute Gasteiger partial charge is 0.478 e. The van der Waals surface area contributed by atoms with Crippen molar-refractivity contribution in [3.05, 3.63) is 47.4 Å². The van der Waals surface area contributed by atoms with E-state index in [0.29, 0.717) is 18.5 Å². The molecule has 0 unspecified atom stereocenters. The molecule has 80 valence electrons. The lowest BCUT2D eigenvalue weighted by atomic mass is 10.1. The Morgan fingerprint density at radius 1 is 1.40 bits per heavy atom. The second-order valence-electron chi connectivity index (χ2n) is 3.18. The minimum atomic E-state index is -1.05. The van der Waals surface area contributed by atoms with E-state index >= 15 is 0 Å². The van der Waals surface area contributed by atoms with Crippen molar-refractivity contribution < 1.29 is 14.3 Å². The molecule has 0 saturated heterocycles. The van der Waals surface area contributed by atoms with Crippen LogP contribution in [0.2, 0.25) is 0 Å². The Labute approximate surface area is 87.0 Å². The number of carboxylic acids is 1. The maximum absolute atomic E-state index is 12.5. The highest BCUT2D eigenvalue weighted by atomic mass is 19.1. The summed E-state index contributed by atoms with van der Waals surface area (Å²) in [5, 5.41) is 8.41. The van der Waals surface area contributed by atoms with Gasteiger partial charge in [-0.3, -0.25) is 0 Å². The van der Waals surface area contributed by atoms with Crippen LogP contribution in [0.25, 0.3) is 0 Å². The normalized spacial score (nSPS) is 11.4. The molecule has 0 fully saturated rings. The van der Waals surface area contributed by atoms with Crippen molar-refractivity contribution in [2.75, 3.05) is 0 Å².